The molecule has 2 aromatic rings. The zero-order valence-electron chi connectivity index (χ0n) is 12.0. The molecule has 1 aromatic carbocycles. The van der Waals surface area contributed by atoms with E-state index in [-0.39, 0.29) is 0 Å². The summed E-state index contributed by atoms with van der Waals surface area (Å²) >= 11 is 0. The molecule has 1 N–H and O–H groups in total. The molecule has 0 spiro atoms. The molecule has 1 fully saturated rings. The minimum Gasteiger partial charge on any atom is -0.370 e. The number of piperidine rings is 1. The predicted octanol–water partition coefficient (Wildman–Crippen LogP) is 2.46. The van der Waals surface area contributed by atoms with Gasteiger partial charge in [-0.15, -0.1) is 0 Å². The quantitative estimate of drug-likeness (QED) is 0.926. The molecule has 0 atom stereocenters. The number of hydrogen-bond donors (Lipinski definition) is 1. The molecule has 0 amide bonds. The first kappa shape index (κ1) is 13.3. The number of nitrogens with one attached hydrogen (secondary N) is 1. The maximum atomic E-state index is 4.22. The SMILES string of the molecule is CCN(CC1CCNCC1)c1cnnc2ccccc12. The third-order valence-corrected chi connectivity index (χ3v) is 4.19. The third kappa shape index (κ3) is 2.75. The molecular weight excluding hydrogens is 248 g/mol. The first-order valence-corrected chi connectivity index (χ1v) is 7.54. The first-order chi connectivity index (χ1) is 9.88. The van der Waals surface area contributed by atoms with E-state index in [0.717, 1.165) is 37.6 Å². The summed E-state index contributed by atoms with van der Waals surface area (Å²) in [6.45, 7) is 6.65. The lowest BCUT2D eigenvalue weighted by Crippen LogP contribution is -2.36. The molecule has 1 aliphatic heterocycles. The van der Waals surface area contributed by atoms with Crippen molar-refractivity contribution in [2.75, 3.05) is 31.1 Å². The van der Waals surface area contributed by atoms with Crippen molar-refractivity contribution in [1.82, 2.24) is 15.5 Å². The van der Waals surface area contributed by atoms with Crippen LogP contribution in [0.15, 0.2) is 30.5 Å². The van der Waals surface area contributed by atoms with Crippen molar-refractivity contribution in [3.63, 3.8) is 0 Å². The van der Waals surface area contributed by atoms with Crippen LogP contribution in [0.4, 0.5) is 5.69 Å². The topological polar surface area (TPSA) is 41.0 Å². The molecule has 0 saturated carbocycles. The zero-order valence-corrected chi connectivity index (χ0v) is 12.0. The van der Waals surface area contributed by atoms with Gasteiger partial charge in [-0.3, -0.25) is 0 Å². The maximum absolute atomic E-state index is 4.22. The second kappa shape index (κ2) is 6.18. The standard InChI is InChI=1S/C16H22N4/c1-2-20(12-13-7-9-17-10-8-13)16-11-18-19-15-6-4-3-5-14(15)16/h3-6,11,13,17H,2,7-10,12H2,1H3. The van der Waals surface area contributed by atoms with Gasteiger partial charge in [0.15, 0.2) is 0 Å². The second-order valence-electron chi connectivity index (χ2n) is 5.48. The van der Waals surface area contributed by atoms with Crippen molar-refractivity contribution < 1.29 is 0 Å². The Morgan fingerprint density at radius 1 is 1.25 bits per heavy atom. The van der Waals surface area contributed by atoms with Gasteiger partial charge in [0.05, 0.1) is 17.4 Å². The van der Waals surface area contributed by atoms with Gasteiger partial charge >= 0.3 is 0 Å². The van der Waals surface area contributed by atoms with Crippen LogP contribution < -0.4 is 10.2 Å². The molecule has 3 rings (SSSR count). The van der Waals surface area contributed by atoms with Crippen LogP contribution >= 0.6 is 0 Å². The minimum atomic E-state index is 0.781. The monoisotopic (exact) mass is 270 g/mol. The van der Waals surface area contributed by atoms with Gasteiger partial charge in [-0.25, -0.2) is 0 Å². The van der Waals surface area contributed by atoms with Gasteiger partial charge in [0.1, 0.15) is 0 Å². The third-order valence-electron chi connectivity index (χ3n) is 4.19. The Balaban J connectivity index is 1.86. The smallest absolute Gasteiger partial charge is 0.0950 e. The average Bonchev–Trinajstić information content (AvgIpc) is 2.53. The van der Waals surface area contributed by atoms with Crippen LogP contribution in [0, 0.1) is 5.92 Å². The van der Waals surface area contributed by atoms with Crippen molar-refractivity contribution in [2.45, 2.75) is 19.8 Å². The summed E-state index contributed by atoms with van der Waals surface area (Å²) < 4.78 is 0. The summed E-state index contributed by atoms with van der Waals surface area (Å²) in [5.74, 6) is 0.781. The Kier molecular flexibility index (Phi) is 4.11. The van der Waals surface area contributed by atoms with Crippen molar-refractivity contribution >= 4 is 16.6 Å². The predicted molar refractivity (Wildman–Crippen MR) is 83.0 cm³/mol. The Morgan fingerprint density at radius 2 is 2.05 bits per heavy atom. The highest BCUT2D eigenvalue weighted by Crippen LogP contribution is 2.26. The van der Waals surface area contributed by atoms with Crippen LogP contribution in [0.25, 0.3) is 10.9 Å². The van der Waals surface area contributed by atoms with Gasteiger partial charge in [-0.2, -0.15) is 10.2 Å². The number of fused-ring (bicyclic) bond motifs is 1. The normalized spacial score (nSPS) is 16.4. The van der Waals surface area contributed by atoms with Gasteiger partial charge in [-0.1, -0.05) is 18.2 Å². The molecule has 2 heterocycles. The van der Waals surface area contributed by atoms with Crippen molar-refractivity contribution in [1.29, 1.82) is 0 Å². The van der Waals surface area contributed by atoms with Gasteiger partial charge < -0.3 is 10.2 Å². The molecule has 1 aromatic heterocycles. The van der Waals surface area contributed by atoms with E-state index in [1.54, 1.807) is 0 Å². The molecule has 4 heteroatoms. The van der Waals surface area contributed by atoms with E-state index < -0.39 is 0 Å². The van der Waals surface area contributed by atoms with E-state index >= 15 is 0 Å². The van der Waals surface area contributed by atoms with Crippen LogP contribution in [0.2, 0.25) is 0 Å². The Labute approximate surface area is 120 Å². The van der Waals surface area contributed by atoms with E-state index in [1.165, 1.54) is 23.9 Å². The highest BCUT2D eigenvalue weighted by Gasteiger charge is 2.18. The van der Waals surface area contributed by atoms with Crippen LogP contribution in [-0.2, 0) is 0 Å². The lowest BCUT2D eigenvalue weighted by molar-refractivity contribution is 0.375. The molecule has 1 saturated heterocycles. The molecule has 106 valence electrons. The van der Waals surface area contributed by atoms with E-state index in [4.69, 9.17) is 0 Å². The molecule has 4 nitrogen and oxygen atoms in total. The minimum absolute atomic E-state index is 0.781. The first-order valence-electron chi connectivity index (χ1n) is 7.54. The Morgan fingerprint density at radius 3 is 2.85 bits per heavy atom. The van der Waals surface area contributed by atoms with Crippen LogP contribution in [0.5, 0.6) is 0 Å². The number of rotatable bonds is 4. The Bertz CT molecular complexity index is 558. The zero-order chi connectivity index (χ0) is 13.8. The molecule has 0 bridgehead atoms. The maximum Gasteiger partial charge on any atom is 0.0950 e. The number of benzene rings is 1. The van der Waals surface area contributed by atoms with Gasteiger partial charge in [0, 0.05) is 18.5 Å². The van der Waals surface area contributed by atoms with Crippen molar-refractivity contribution in [3.8, 4) is 0 Å². The summed E-state index contributed by atoms with van der Waals surface area (Å²) in [6.07, 6.45) is 4.45. The van der Waals surface area contributed by atoms with Crippen molar-refractivity contribution in [3.05, 3.63) is 30.5 Å². The number of aromatic nitrogens is 2. The van der Waals surface area contributed by atoms with Gasteiger partial charge in [0.25, 0.3) is 0 Å². The fourth-order valence-corrected chi connectivity index (χ4v) is 3.02. The van der Waals surface area contributed by atoms with E-state index in [9.17, 15) is 0 Å². The lowest BCUT2D eigenvalue weighted by atomic mass is 9.97. The summed E-state index contributed by atoms with van der Waals surface area (Å²) in [7, 11) is 0. The summed E-state index contributed by atoms with van der Waals surface area (Å²) in [6, 6.07) is 8.27. The molecule has 0 unspecified atom stereocenters. The van der Waals surface area contributed by atoms with Gasteiger partial charge in [-0.05, 0) is 44.8 Å². The van der Waals surface area contributed by atoms with E-state index in [0.29, 0.717) is 0 Å². The number of hydrogen-bond acceptors (Lipinski definition) is 4. The van der Waals surface area contributed by atoms with Gasteiger partial charge in [0.2, 0.25) is 0 Å². The molecule has 0 radical (unpaired) electrons. The average molecular weight is 270 g/mol. The second-order valence-corrected chi connectivity index (χ2v) is 5.48. The number of anilines is 1. The molecule has 0 aliphatic carbocycles. The summed E-state index contributed by atoms with van der Waals surface area (Å²) in [4.78, 5) is 2.45. The Hall–Kier alpha value is -1.68. The summed E-state index contributed by atoms with van der Waals surface area (Å²) in [5.41, 5.74) is 2.20. The van der Waals surface area contributed by atoms with Crippen LogP contribution in [-0.4, -0.2) is 36.4 Å². The molecular formula is C16H22N4. The van der Waals surface area contributed by atoms with Crippen molar-refractivity contribution in [2.24, 2.45) is 5.92 Å². The largest absolute Gasteiger partial charge is 0.370 e. The fraction of sp³-hybridized carbons (Fsp3) is 0.500. The van der Waals surface area contributed by atoms with Crippen LogP contribution in [0.1, 0.15) is 19.8 Å². The lowest BCUT2D eigenvalue weighted by Gasteiger charge is -2.31. The molecule has 1 aliphatic rings. The van der Waals surface area contributed by atoms with Crippen LogP contribution in [0.3, 0.4) is 0 Å². The fourth-order valence-electron chi connectivity index (χ4n) is 3.02. The molecule has 20 heavy (non-hydrogen) atoms. The highest BCUT2D eigenvalue weighted by atomic mass is 15.2. The summed E-state index contributed by atoms with van der Waals surface area (Å²) in [5, 5.41) is 13.0. The van der Waals surface area contributed by atoms with E-state index in [1.807, 2.05) is 18.3 Å². The highest BCUT2D eigenvalue weighted by molar-refractivity contribution is 5.90. The number of nitrogens with zero attached hydrogens (tertiary/aromatic N) is 3. The van der Waals surface area contributed by atoms with E-state index in [2.05, 4.69) is 39.5 Å².